The molecule has 3 rings (SSSR count). The van der Waals surface area contributed by atoms with Crippen LogP contribution in [0.15, 0.2) is 36.4 Å². The van der Waals surface area contributed by atoms with Crippen molar-refractivity contribution < 1.29 is 19.0 Å². The number of aryl methyl sites for hydroxylation is 3. The number of ether oxygens (including phenoxy) is 3. The van der Waals surface area contributed by atoms with Gasteiger partial charge in [0.25, 0.3) is 0 Å². The molecule has 0 fully saturated rings. The summed E-state index contributed by atoms with van der Waals surface area (Å²) in [5.74, 6) is 2.45. The Balaban J connectivity index is 1.39. The highest BCUT2D eigenvalue weighted by molar-refractivity contribution is 5.76. The first-order valence-electron chi connectivity index (χ1n) is 8.98. The zero-order chi connectivity index (χ0) is 18.4. The summed E-state index contributed by atoms with van der Waals surface area (Å²) in [6.07, 6.45) is 1.10. The maximum Gasteiger partial charge on any atom is 0.220 e. The zero-order valence-corrected chi connectivity index (χ0v) is 15.3. The van der Waals surface area contributed by atoms with E-state index in [2.05, 4.69) is 5.32 Å². The second kappa shape index (κ2) is 8.61. The largest absolute Gasteiger partial charge is 0.491 e. The van der Waals surface area contributed by atoms with Crippen molar-refractivity contribution in [2.75, 3.05) is 26.4 Å². The van der Waals surface area contributed by atoms with Crippen LogP contribution in [0.25, 0.3) is 0 Å². The Bertz CT molecular complexity index is 752. The molecular formula is C21H25NO4. The number of nitrogens with one attached hydrogen (secondary N) is 1. The van der Waals surface area contributed by atoms with Crippen LogP contribution in [0.1, 0.15) is 23.1 Å². The first kappa shape index (κ1) is 18.1. The van der Waals surface area contributed by atoms with Crippen LogP contribution in [0.3, 0.4) is 0 Å². The van der Waals surface area contributed by atoms with E-state index in [0.29, 0.717) is 39.2 Å². The molecule has 0 radical (unpaired) electrons. The number of amides is 1. The van der Waals surface area contributed by atoms with Crippen molar-refractivity contribution in [1.82, 2.24) is 5.32 Å². The molecule has 2 aromatic rings. The molecule has 0 aliphatic carbocycles. The van der Waals surface area contributed by atoms with E-state index in [1.54, 1.807) is 0 Å². The summed E-state index contributed by atoms with van der Waals surface area (Å²) in [6, 6.07) is 11.9. The third kappa shape index (κ3) is 4.69. The Morgan fingerprint density at radius 1 is 1.08 bits per heavy atom. The molecule has 0 saturated heterocycles. The maximum absolute atomic E-state index is 12.0. The highest BCUT2D eigenvalue weighted by Crippen LogP contribution is 2.31. The highest BCUT2D eigenvalue weighted by Gasteiger charge is 2.12. The lowest BCUT2D eigenvalue weighted by atomic mass is 10.1. The molecule has 5 nitrogen and oxygen atoms in total. The van der Waals surface area contributed by atoms with Gasteiger partial charge in [-0.2, -0.15) is 0 Å². The number of carbonyl (C=O) groups is 1. The van der Waals surface area contributed by atoms with E-state index in [-0.39, 0.29) is 5.91 Å². The third-order valence-electron chi connectivity index (χ3n) is 4.33. The minimum atomic E-state index is 0.0185. The topological polar surface area (TPSA) is 56.8 Å². The Morgan fingerprint density at radius 2 is 1.81 bits per heavy atom. The van der Waals surface area contributed by atoms with Crippen molar-refractivity contribution in [3.05, 3.63) is 53.1 Å². The summed E-state index contributed by atoms with van der Waals surface area (Å²) in [4.78, 5) is 12.0. The molecule has 138 valence electrons. The van der Waals surface area contributed by atoms with E-state index in [9.17, 15) is 4.79 Å². The van der Waals surface area contributed by atoms with Gasteiger partial charge in [0.2, 0.25) is 5.91 Å². The lowest BCUT2D eigenvalue weighted by Gasteiger charge is -2.18. The average molecular weight is 355 g/mol. The summed E-state index contributed by atoms with van der Waals surface area (Å²) >= 11 is 0. The van der Waals surface area contributed by atoms with Gasteiger partial charge in [-0.15, -0.1) is 0 Å². The van der Waals surface area contributed by atoms with Gasteiger partial charge in [0, 0.05) is 6.42 Å². The number of carbonyl (C=O) groups excluding carboxylic acids is 1. The van der Waals surface area contributed by atoms with Crippen LogP contribution in [0, 0.1) is 13.8 Å². The van der Waals surface area contributed by atoms with Crippen molar-refractivity contribution in [1.29, 1.82) is 0 Å². The van der Waals surface area contributed by atoms with Gasteiger partial charge in [0.1, 0.15) is 25.6 Å². The van der Waals surface area contributed by atoms with Gasteiger partial charge in [-0.25, -0.2) is 0 Å². The van der Waals surface area contributed by atoms with Crippen LogP contribution in [0.5, 0.6) is 17.2 Å². The predicted octanol–water partition coefficient (Wildman–Crippen LogP) is 3.20. The first-order valence-corrected chi connectivity index (χ1v) is 8.98. The minimum Gasteiger partial charge on any atom is -0.491 e. The Hall–Kier alpha value is -2.69. The number of para-hydroxylation sites is 1. The second-order valence-electron chi connectivity index (χ2n) is 6.40. The average Bonchev–Trinajstić information content (AvgIpc) is 2.65. The predicted molar refractivity (Wildman–Crippen MR) is 100 cm³/mol. The second-order valence-corrected chi connectivity index (χ2v) is 6.40. The van der Waals surface area contributed by atoms with Gasteiger partial charge < -0.3 is 19.5 Å². The molecule has 0 unspecified atom stereocenters. The Kier molecular flexibility index (Phi) is 6.00. The Morgan fingerprint density at radius 3 is 2.58 bits per heavy atom. The van der Waals surface area contributed by atoms with Crippen LogP contribution in [-0.2, 0) is 11.2 Å². The van der Waals surface area contributed by atoms with Crippen molar-refractivity contribution in [3.8, 4) is 17.2 Å². The van der Waals surface area contributed by atoms with Crippen molar-refractivity contribution >= 4 is 5.91 Å². The van der Waals surface area contributed by atoms with Crippen molar-refractivity contribution in [3.63, 3.8) is 0 Å². The normalized spacial score (nSPS) is 12.5. The molecule has 0 aromatic heterocycles. The summed E-state index contributed by atoms with van der Waals surface area (Å²) in [5, 5.41) is 2.90. The summed E-state index contributed by atoms with van der Waals surface area (Å²) in [5.41, 5.74) is 3.28. The van der Waals surface area contributed by atoms with E-state index in [4.69, 9.17) is 14.2 Å². The maximum atomic E-state index is 12.0. The Labute approximate surface area is 154 Å². The number of benzene rings is 2. The van der Waals surface area contributed by atoms with Crippen molar-refractivity contribution in [2.45, 2.75) is 26.7 Å². The molecule has 26 heavy (non-hydrogen) atoms. The highest BCUT2D eigenvalue weighted by atomic mass is 16.6. The zero-order valence-electron chi connectivity index (χ0n) is 15.3. The first-order chi connectivity index (χ1) is 12.6. The van der Waals surface area contributed by atoms with E-state index in [1.807, 2.05) is 50.2 Å². The lowest BCUT2D eigenvalue weighted by Crippen LogP contribution is -2.28. The molecular weight excluding hydrogens is 330 g/mol. The number of hydrogen-bond acceptors (Lipinski definition) is 4. The van der Waals surface area contributed by atoms with Crippen LogP contribution in [0.2, 0.25) is 0 Å². The molecule has 0 saturated carbocycles. The van der Waals surface area contributed by atoms with Gasteiger partial charge in [-0.3, -0.25) is 4.79 Å². The van der Waals surface area contributed by atoms with Gasteiger partial charge in [0.15, 0.2) is 11.5 Å². The van der Waals surface area contributed by atoms with Crippen LogP contribution in [0.4, 0.5) is 0 Å². The van der Waals surface area contributed by atoms with Gasteiger partial charge >= 0.3 is 0 Å². The fourth-order valence-electron chi connectivity index (χ4n) is 2.96. The smallest absolute Gasteiger partial charge is 0.220 e. The van der Waals surface area contributed by atoms with E-state index in [0.717, 1.165) is 33.9 Å². The van der Waals surface area contributed by atoms with Crippen LogP contribution >= 0.6 is 0 Å². The third-order valence-corrected chi connectivity index (χ3v) is 4.33. The fraction of sp³-hybridized carbons (Fsp3) is 0.381. The van der Waals surface area contributed by atoms with Gasteiger partial charge in [-0.1, -0.05) is 24.3 Å². The number of rotatable bonds is 7. The molecule has 1 aliphatic rings. The molecule has 0 bridgehead atoms. The standard InChI is InChI=1S/C21H25NO4/c1-15-4-3-5-16(2)21(15)26-11-10-22-20(23)9-7-17-6-8-18-19(14-17)25-13-12-24-18/h3-6,8,14H,7,9-13H2,1-2H3,(H,22,23). The van der Waals surface area contributed by atoms with E-state index < -0.39 is 0 Å². The molecule has 1 amide bonds. The molecule has 2 aromatic carbocycles. The lowest BCUT2D eigenvalue weighted by molar-refractivity contribution is -0.121. The molecule has 1 N–H and O–H groups in total. The number of hydrogen-bond donors (Lipinski definition) is 1. The summed E-state index contributed by atoms with van der Waals surface area (Å²) < 4.78 is 16.9. The van der Waals surface area contributed by atoms with E-state index in [1.165, 1.54) is 0 Å². The van der Waals surface area contributed by atoms with Gasteiger partial charge in [-0.05, 0) is 49.1 Å². The van der Waals surface area contributed by atoms with Gasteiger partial charge in [0.05, 0.1) is 6.54 Å². The summed E-state index contributed by atoms with van der Waals surface area (Å²) in [7, 11) is 0. The monoisotopic (exact) mass is 355 g/mol. The molecule has 5 heteroatoms. The molecule has 1 aliphatic heterocycles. The quantitative estimate of drug-likeness (QED) is 0.775. The van der Waals surface area contributed by atoms with Crippen molar-refractivity contribution in [2.24, 2.45) is 0 Å². The SMILES string of the molecule is Cc1cccc(C)c1OCCNC(=O)CCc1ccc2c(c1)OCCO2. The van der Waals surface area contributed by atoms with Crippen LogP contribution < -0.4 is 19.5 Å². The molecule has 1 heterocycles. The minimum absolute atomic E-state index is 0.0185. The number of fused-ring (bicyclic) bond motifs is 1. The van der Waals surface area contributed by atoms with E-state index >= 15 is 0 Å². The fourth-order valence-corrected chi connectivity index (χ4v) is 2.96. The molecule has 0 spiro atoms. The summed E-state index contributed by atoms with van der Waals surface area (Å²) in [6.45, 7) is 6.15. The van der Waals surface area contributed by atoms with Crippen LogP contribution in [-0.4, -0.2) is 32.3 Å². The molecule has 0 atom stereocenters.